The number of benzene rings is 2. The molecule has 0 saturated carbocycles. The number of amides is 1. The van der Waals surface area contributed by atoms with E-state index in [0.29, 0.717) is 40.1 Å². The summed E-state index contributed by atoms with van der Waals surface area (Å²) in [5, 5.41) is 12.5. The molecule has 0 spiro atoms. The van der Waals surface area contributed by atoms with Gasteiger partial charge in [-0.25, -0.2) is 0 Å². The van der Waals surface area contributed by atoms with Crippen LogP contribution in [0.4, 0.5) is 5.69 Å². The second-order valence-corrected chi connectivity index (χ2v) is 6.20. The number of ether oxygens (including phenoxy) is 3. The van der Waals surface area contributed by atoms with E-state index in [9.17, 15) is 10.1 Å². The fourth-order valence-electron chi connectivity index (χ4n) is 2.38. The SMILES string of the molecule is CCOc1c(OC)cc(/C=C(/C#N)C(=O)Nc2cccc(Cl)c2Cl)cc1OC. The van der Waals surface area contributed by atoms with Gasteiger partial charge in [-0.15, -0.1) is 0 Å². The molecule has 0 heterocycles. The van der Waals surface area contributed by atoms with Crippen molar-refractivity contribution in [3.05, 3.63) is 51.5 Å². The third-order valence-corrected chi connectivity index (χ3v) is 4.47. The van der Waals surface area contributed by atoms with Crippen molar-refractivity contribution < 1.29 is 19.0 Å². The molecule has 8 heteroatoms. The molecule has 0 unspecified atom stereocenters. The summed E-state index contributed by atoms with van der Waals surface area (Å²) < 4.78 is 16.2. The zero-order valence-corrected chi connectivity index (χ0v) is 17.0. The van der Waals surface area contributed by atoms with Gasteiger partial charge in [0.15, 0.2) is 11.5 Å². The van der Waals surface area contributed by atoms with E-state index in [1.165, 1.54) is 20.3 Å². The lowest BCUT2D eigenvalue weighted by Crippen LogP contribution is -2.13. The lowest BCUT2D eigenvalue weighted by atomic mass is 10.1. The summed E-state index contributed by atoms with van der Waals surface area (Å²) in [6, 6.07) is 9.99. The maximum atomic E-state index is 12.5. The van der Waals surface area contributed by atoms with Crippen molar-refractivity contribution in [2.75, 3.05) is 26.1 Å². The van der Waals surface area contributed by atoms with E-state index in [1.807, 2.05) is 13.0 Å². The zero-order valence-electron chi connectivity index (χ0n) is 15.5. The number of nitrogens with zero attached hydrogens (tertiary/aromatic N) is 1. The van der Waals surface area contributed by atoms with Gasteiger partial charge in [0, 0.05) is 0 Å². The smallest absolute Gasteiger partial charge is 0.266 e. The molecule has 28 heavy (non-hydrogen) atoms. The number of nitriles is 1. The van der Waals surface area contributed by atoms with Crippen LogP contribution in [-0.2, 0) is 4.79 Å². The molecule has 0 aromatic heterocycles. The molecular formula is C20H18Cl2N2O4. The van der Waals surface area contributed by atoms with Crippen molar-refractivity contribution in [3.63, 3.8) is 0 Å². The quantitative estimate of drug-likeness (QED) is 0.505. The lowest BCUT2D eigenvalue weighted by molar-refractivity contribution is -0.112. The van der Waals surface area contributed by atoms with Gasteiger partial charge in [-0.05, 0) is 42.8 Å². The van der Waals surface area contributed by atoms with Crippen LogP contribution in [0.3, 0.4) is 0 Å². The molecule has 0 saturated heterocycles. The molecule has 0 aliphatic carbocycles. The Hall–Kier alpha value is -2.88. The van der Waals surface area contributed by atoms with Crippen LogP contribution in [0.25, 0.3) is 6.08 Å². The molecule has 1 N–H and O–H groups in total. The van der Waals surface area contributed by atoms with Gasteiger partial charge < -0.3 is 19.5 Å². The van der Waals surface area contributed by atoms with Crippen LogP contribution in [0.1, 0.15) is 12.5 Å². The fourth-order valence-corrected chi connectivity index (χ4v) is 2.72. The van der Waals surface area contributed by atoms with Crippen molar-refractivity contribution >= 4 is 40.9 Å². The van der Waals surface area contributed by atoms with Crippen molar-refractivity contribution in [2.45, 2.75) is 6.92 Å². The predicted octanol–water partition coefficient (Wildman–Crippen LogP) is 4.95. The summed E-state index contributed by atoms with van der Waals surface area (Å²) >= 11 is 12.0. The molecule has 0 bridgehead atoms. The average molecular weight is 421 g/mol. The van der Waals surface area contributed by atoms with Crippen molar-refractivity contribution in [1.29, 1.82) is 5.26 Å². The Bertz CT molecular complexity index is 927. The molecule has 0 fully saturated rings. The first kappa shape index (κ1) is 21.4. The number of rotatable bonds is 7. The van der Waals surface area contributed by atoms with Crippen LogP contribution < -0.4 is 19.5 Å². The van der Waals surface area contributed by atoms with Crippen LogP contribution in [0.15, 0.2) is 35.9 Å². The van der Waals surface area contributed by atoms with Gasteiger partial charge in [0.05, 0.1) is 36.6 Å². The Balaban J connectivity index is 2.39. The van der Waals surface area contributed by atoms with Gasteiger partial charge in [-0.2, -0.15) is 5.26 Å². The highest BCUT2D eigenvalue weighted by atomic mass is 35.5. The standard InChI is InChI=1S/C20H18Cl2N2O4/c1-4-28-19-16(26-2)9-12(10-17(19)27-3)8-13(11-23)20(25)24-15-7-5-6-14(21)18(15)22/h5-10H,4H2,1-3H3,(H,24,25)/b13-8-. The summed E-state index contributed by atoms with van der Waals surface area (Å²) in [7, 11) is 2.98. The second-order valence-electron chi connectivity index (χ2n) is 5.41. The van der Waals surface area contributed by atoms with Crippen LogP contribution in [0, 0.1) is 11.3 Å². The molecular weight excluding hydrogens is 403 g/mol. The third-order valence-electron chi connectivity index (χ3n) is 3.65. The lowest BCUT2D eigenvalue weighted by Gasteiger charge is -2.14. The fraction of sp³-hybridized carbons (Fsp3) is 0.200. The van der Waals surface area contributed by atoms with E-state index in [-0.39, 0.29) is 10.6 Å². The minimum Gasteiger partial charge on any atom is -0.493 e. The number of anilines is 1. The molecule has 1 amide bonds. The molecule has 0 radical (unpaired) electrons. The van der Waals surface area contributed by atoms with E-state index in [4.69, 9.17) is 37.4 Å². The summed E-state index contributed by atoms with van der Waals surface area (Å²) in [4.78, 5) is 12.5. The molecule has 0 atom stereocenters. The number of methoxy groups -OCH3 is 2. The average Bonchev–Trinajstić information content (AvgIpc) is 2.70. The van der Waals surface area contributed by atoms with Crippen LogP contribution in [0.5, 0.6) is 17.2 Å². The second kappa shape index (κ2) is 9.88. The number of carbonyl (C=O) groups excluding carboxylic acids is 1. The molecule has 0 aliphatic rings. The van der Waals surface area contributed by atoms with E-state index in [0.717, 1.165) is 0 Å². The maximum Gasteiger partial charge on any atom is 0.266 e. The van der Waals surface area contributed by atoms with Gasteiger partial charge in [0.1, 0.15) is 11.6 Å². The summed E-state index contributed by atoms with van der Waals surface area (Å²) in [6.45, 7) is 2.26. The van der Waals surface area contributed by atoms with E-state index < -0.39 is 5.91 Å². The Morgan fingerprint density at radius 3 is 2.39 bits per heavy atom. The highest BCUT2D eigenvalue weighted by Gasteiger charge is 2.16. The van der Waals surface area contributed by atoms with Crippen molar-refractivity contribution in [2.24, 2.45) is 0 Å². The monoisotopic (exact) mass is 420 g/mol. The largest absolute Gasteiger partial charge is 0.493 e. The molecule has 146 valence electrons. The Morgan fingerprint density at radius 1 is 1.21 bits per heavy atom. The molecule has 2 rings (SSSR count). The molecule has 2 aromatic carbocycles. The topological polar surface area (TPSA) is 80.6 Å². The number of nitrogens with one attached hydrogen (secondary N) is 1. The van der Waals surface area contributed by atoms with Crippen molar-refractivity contribution in [3.8, 4) is 23.3 Å². The molecule has 0 aliphatic heterocycles. The van der Waals surface area contributed by atoms with Crippen LogP contribution >= 0.6 is 23.2 Å². The number of hydrogen-bond acceptors (Lipinski definition) is 5. The third kappa shape index (κ3) is 4.89. The molecule has 2 aromatic rings. The summed E-state index contributed by atoms with van der Waals surface area (Å²) in [5.74, 6) is 0.655. The maximum absolute atomic E-state index is 12.5. The van der Waals surface area contributed by atoms with Gasteiger partial charge >= 0.3 is 0 Å². The first-order valence-corrected chi connectivity index (χ1v) is 8.96. The van der Waals surface area contributed by atoms with Crippen LogP contribution in [0.2, 0.25) is 10.0 Å². The first-order valence-electron chi connectivity index (χ1n) is 8.21. The Morgan fingerprint density at radius 2 is 1.86 bits per heavy atom. The Labute approximate surface area is 173 Å². The predicted molar refractivity (Wildman–Crippen MR) is 109 cm³/mol. The first-order chi connectivity index (χ1) is 13.4. The van der Waals surface area contributed by atoms with E-state index >= 15 is 0 Å². The number of halogens is 2. The van der Waals surface area contributed by atoms with E-state index in [1.54, 1.807) is 30.3 Å². The molecule has 6 nitrogen and oxygen atoms in total. The summed E-state index contributed by atoms with van der Waals surface area (Å²) in [6.07, 6.45) is 1.41. The highest BCUT2D eigenvalue weighted by molar-refractivity contribution is 6.44. The summed E-state index contributed by atoms with van der Waals surface area (Å²) in [5.41, 5.74) is 0.701. The highest BCUT2D eigenvalue weighted by Crippen LogP contribution is 2.39. The Kier molecular flexibility index (Phi) is 7.56. The normalized spacial score (nSPS) is 10.8. The minimum atomic E-state index is -0.626. The van der Waals surface area contributed by atoms with E-state index in [2.05, 4.69) is 5.32 Å². The number of hydrogen-bond donors (Lipinski definition) is 1. The number of carbonyl (C=O) groups is 1. The minimum absolute atomic E-state index is 0.135. The van der Waals surface area contributed by atoms with Gasteiger partial charge in [-0.3, -0.25) is 4.79 Å². The van der Waals surface area contributed by atoms with Gasteiger partial charge in [-0.1, -0.05) is 29.3 Å². The van der Waals surface area contributed by atoms with Crippen LogP contribution in [-0.4, -0.2) is 26.7 Å². The van der Waals surface area contributed by atoms with Crippen molar-refractivity contribution in [1.82, 2.24) is 0 Å². The van der Waals surface area contributed by atoms with Gasteiger partial charge in [0.2, 0.25) is 5.75 Å². The van der Waals surface area contributed by atoms with Gasteiger partial charge in [0.25, 0.3) is 5.91 Å². The zero-order chi connectivity index (χ0) is 20.7.